The van der Waals surface area contributed by atoms with Gasteiger partial charge in [0.1, 0.15) is 5.75 Å². The third kappa shape index (κ3) is 3.25. The molecule has 25 heavy (non-hydrogen) atoms. The Morgan fingerprint density at radius 3 is 3.00 bits per heavy atom. The molecule has 2 aliphatic heterocycles. The Balaban J connectivity index is 1.50. The number of likely N-dealkylation sites (tertiary alicyclic amines) is 1. The lowest BCUT2D eigenvalue weighted by Gasteiger charge is -2.33. The van der Waals surface area contributed by atoms with Crippen molar-refractivity contribution in [3.05, 3.63) is 46.2 Å². The Hall–Kier alpha value is -2.01. The molecule has 1 fully saturated rings. The first-order valence-electron chi connectivity index (χ1n) is 9.01. The molecule has 0 radical (unpaired) electrons. The van der Waals surface area contributed by atoms with E-state index in [1.165, 1.54) is 16.1 Å². The van der Waals surface area contributed by atoms with Gasteiger partial charge in [-0.05, 0) is 60.9 Å². The molecule has 0 spiro atoms. The average molecular weight is 356 g/mol. The number of nitrogens with zero attached hydrogens (tertiary/aromatic N) is 2. The molecule has 132 valence electrons. The number of benzene rings is 1. The van der Waals surface area contributed by atoms with Crippen molar-refractivity contribution < 1.29 is 9.53 Å². The first kappa shape index (κ1) is 16.5. The Morgan fingerprint density at radius 2 is 2.20 bits per heavy atom. The van der Waals surface area contributed by atoms with E-state index < -0.39 is 0 Å². The highest BCUT2D eigenvalue weighted by atomic mass is 32.1. The summed E-state index contributed by atoms with van der Waals surface area (Å²) in [5, 5.41) is 2.10. The summed E-state index contributed by atoms with van der Waals surface area (Å²) in [6.07, 6.45) is 4.32. The maximum Gasteiger partial charge on any atom is 0.242 e. The second kappa shape index (κ2) is 7.08. The SMILES string of the molecule is COc1ccc2c(c1)CCCN2CC(=O)N1CCCC1c1cccs1. The van der Waals surface area contributed by atoms with E-state index in [9.17, 15) is 4.79 Å². The number of anilines is 1. The molecule has 4 rings (SSSR count). The van der Waals surface area contributed by atoms with Crippen LogP contribution in [0.25, 0.3) is 0 Å². The van der Waals surface area contributed by atoms with E-state index in [4.69, 9.17) is 4.74 Å². The number of ether oxygens (including phenoxy) is 1. The van der Waals surface area contributed by atoms with Gasteiger partial charge in [-0.25, -0.2) is 0 Å². The van der Waals surface area contributed by atoms with Crippen LogP contribution in [-0.2, 0) is 11.2 Å². The van der Waals surface area contributed by atoms with Crippen LogP contribution in [0.3, 0.4) is 0 Å². The summed E-state index contributed by atoms with van der Waals surface area (Å²) in [6.45, 7) is 2.30. The lowest BCUT2D eigenvalue weighted by atomic mass is 10.0. The number of hydrogen-bond donors (Lipinski definition) is 0. The monoisotopic (exact) mass is 356 g/mol. The molecule has 2 aliphatic rings. The zero-order valence-corrected chi connectivity index (χ0v) is 15.4. The third-order valence-electron chi connectivity index (χ3n) is 5.27. The van der Waals surface area contributed by atoms with E-state index in [0.717, 1.165) is 44.5 Å². The fourth-order valence-electron chi connectivity index (χ4n) is 4.04. The number of thiophene rings is 1. The van der Waals surface area contributed by atoms with Gasteiger partial charge in [-0.1, -0.05) is 6.07 Å². The smallest absolute Gasteiger partial charge is 0.242 e. The number of fused-ring (bicyclic) bond motifs is 1. The number of methoxy groups -OCH3 is 1. The van der Waals surface area contributed by atoms with Gasteiger partial charge in [0.05, 0.1) is 19.7 Å². The van der Waals surface area contributed by atoms with Gasteiger partial charge in [-0.15, -0.1) is 11.3 Å². The van der Waals surface area contributed by atoms with Crippen molar-refractivity contribution in [2.45, 2.75) is 31.7 Å². The summed E-state index contributed by atoms with van der Waals surface area (Å²) in [5.41, 5.74) is 2.47. The number of aryl methyl sites for hydroxylation is 1. The van der Waals surface area contributed by atoms with Gasteiger partial charge < -0.3 is 14.5 Å². The Labute approximate surface area is 153 Å². The molecule has 1 unspecified atom stereocenters. The van der Waals surface area contributed by atoms with Crippen LogP contribution in [0.2, 0.25) is 0 Å². The molecule has 1 amide bonds. The summed E-state index contributed by atoms with van der Waals surface area (Å²) in [7, 11) is 1.70. The maximum atomic E-state index is 13.0. The molecular weight excluding hydrogens is 332 g/mol. The molecule has 0 bridgehead atoms. The second-order valence-electron chi connectivity index (χ2n) is 6.78. The standard InChI is InChI=1S/C20H24N2O2S/c1-24-16-8-9-17-15(13-16)5-2-10-21(17)14-20(23)22-11-3-6-18(22)19-7-4-12-25-19/h4,7-9,12-13,18H,2-3,5-6,10-11,14H2,1H3. The molecular formula is C20H24N2O2S. The number of hydrogen-bond acceptors (Lipinski definition) is 4. The number of amides is 1. The minimum absolute atomic E-state index is 0.250. The van der Waals surface area contributed by atoms with Gasteiger partial charge in [0, 0.05) is 23.7 Å². The molecule has 1 aromatic heterocycles. The van der Waals surface area contributed by atoms with Gasteiger partial charge in [0.2, 0.25) is 5.91 Å². The van der Waals surface area contributed by atoms with Crippen LogP contribution in [0.1, 0.15) is 35.7 Å². The van der Waals surface area contributed by atoms with Crippen LogP contribution < -0.4 is 9.64 Å². The predicted octanol–water partition coefficient (Wildman–Crippen LogP) is 3.87. The summed E-state index contributed by atoms with van der Waals surface area (Å²) >= 11 is 1.76. The highest BCUT2D eigenvalue weighted by molar-refractivity contribution is 7.10. The maximum absolute atomic E-state index is 13.0. The molecule has 3 heterocycles. The van der Waals surface area contributed by atoms with Gasteiger partial charge in [-0.2, -0.15) is 0 Å². The summed E-state index contributed by atoms with van der Waals surface area (Å²) in [4.78, 5) is 18.7. The van der Waals surface area contributed by atoms with Crippen molar-refractivity contribution in [3.8, 4) is 5.75 Å². The molecule has 5 heteroatoms. The van der Waals surface area contributed by atoms with Gasteiger partial charge in [0.15, 0.2) is 0 Å². The highest BCUT2D eigenvalue weighted by Crippen LogP contribution is 2.35. The van der Waals surface area contributed by atoms with Crippen LogP contribution in [0.4, 0.5) is 5.69 Å². The fraction of sp³-hybridized carbons (Fsp3) is 0.450. The molecule has 0 N–H and O–H groups in total. The summed E-state index contributed by atoms with van der Waals surface area (Å²) < 4.78 is 5.34. The fourth-order valence-corrected chi connectivity index (χ4v) is 4.91. The first-order valence-corrected chi connectivity index (χ1v) is 9.89. The number of rotatable bonds is 4. The third-order valence-corrected chi connectivity index (χ3v) is 6.25. The predicted molar refractivity (Wildman–Crippen MR) is 102 cm³/mol. The van der Waals surface area contributed by atoms with Crippen LogP contribution in [-0.4, -0.2) is 37.6 Å². The van der Waals surface area contributed by atoms with Crippen molar-refractivity contribution in [1.29, 1.82) is 0 Å². The summed E-state index contributed by atoms with van der Waals surface area (Å²) in [5.74, 6) is 1.14. The van der Waals surface area contributed by atoms with E-state index in [0.29, 0.717) is 6.54 Å². The molecule has 1 atom stereocenters. The molecule has 2 aromatic rings. The van der Waals surface area contributed by atoms with Gasteiger partial charge in [0.25, 0.3) is 0 Å². The van der Waals surface area contributed by atoms with Crippen molar-refractivity contribution in [2.24, 2.45) is 0 Å². The van der Waals surface area contributed by atoms with Gasteiger partial charge in [-0.3, -0.25) is 4.79 Å². The summed E-state index contributed by atoms with van der Waals surface area (Å²) in [6, 6.07) is 10.7. The van der Waals surface area contributed by atoms with Crippen LogP contribution in [0.15, 0.2) is 35.7 Å². The van der Waals surface area contributed by atoms with Crippen molar-refractivity contribution >= 4 is 22.9 Å². The van der Waals surface area contributed by atoms with E-state index in [2.05, 4.69) is 39.4 Å². The topological polar surface area (TPSA) is 32.8 Å². The number of carbonyl (C=O) groups excluding carboxylic acids is 1. The Kier molecular flexibility index (Phi) is 4.66. The quantitative estimate of drug-likeness (QED) is 0.834. The molecule has 0 saturated carbocycles. The van der Waals surface area contributed by atoms with Crippen LogP contribution >= 0.6 is 11.3 Å². The van der Waals surface area contributed by atoms with E-state index in [1.807, 2.05) is 6.07 Å². The Bertz CT molecular complexity index is 744. The van der Waals surface area contributed by atoms with Crippen LogP contribution in [0.5, 0.6) is 5.75 Å². The first-order chi connectivity index (χ1) is 12.3. The zero-order chi connectivity index (χ0) is 17.2. The van der Waals surface area contributed by atoms with E-state index in [-0.39, 0.29) is 11.9 Å². The van der Waals surface area contributed by atoms with E-state index >= 15 is 0 Å². The van der Waals surface area contributed by atoms with Crippen LogP contribution in [0, 0.1) is 0 Å². The van der Waals surface area contributed by atoms with Gasteiger partial charge >= 0.3 is 0 Å². The molecule has 1 aromatic carbocycles. The van der Waals surface area contributed by atoms with Crippen molar-refractivity contribution in [2.75, 3.05) is 31.6 Å². The minimum atomic E-state index is 0.250. The lowest BCUT2D eigenvalue weighted by Crippen LogP contribution is -2.41. The molecule has 4 nitrogen and oxygen atoms in total. The largest absolute Gasteiger partial charge is 0.497 e. The number of carbonyl (C=O) groups is 1. The normalized spacial score (nSPS) is 19.8. The average Bonchev–Trinajstić information content (AvgIpc) is 3.32. The minimum Gasteiger partial charge on any atom is -0.497 e. The van der Waals surface area contributed by atoms with Crippen molar-refractivity contribution in [1.82, 2.24) is 4.90 Å². The lowest BCUT2D eigenvalue weighted by molar-refractivity contribution is -0.130. The van der Waals surface area contributed by atoms with Crippen molar-refractivity contribution in [3.63, 3.8) is 0 Å². The second-order valence-corrected chi connectivity index (χ2v) is 7.76. The highest BCUT2D eigenvalue weighted by Gasteiger charge is 2.32. The van der Waals surface area contributed by atoms with E-state index in [1.54, 1.807) is 18.4 Å². The molecule has 1 saturated heterocycles. The Morgan fingerprint density at radius 1 is 1.28 bits per heavy atom. The zero-order valence-electron chi connectivity index (χ0n) is 14.6. The molecule has 0 aliphatic carbocycles.